The number of aryl methyl sites for hydroxylation is 2. The zero-order valence-corrected chi connectivity index (χ0v) is 23.9. The summed E-state index contributed by atoms with van der Waals surface area (Å²) in [5.41, 5.74) is 4.96. The Bertz CT molecular complexity index is 1860. The predicted octanol–water partition coefficient (Wildman–Crippen LogP) is 3.43. The normalized spacial score (nSPS) is 20.1. The average Bonchev–Trinajstić information content (AvgIpc) is 3.65. The number of aromatic nitrogens is 2. The Labute approximate surface area is 247 Å². The van der Waals surface area contributed by atoms with Gasteiger partial charge in [0.1, 0.15) is 6.61 Å². The highest BCUT2D eigenvalue weighted by atomic mass is 16.7. The summed E-state index contributed by atoms with van der Waals surface area (Å²) < 4.78 is 23.8. The molecule has 0 unspecified atom stereocenters. The third-order valence-corrected chi connectivity index (χ3v) is 9.28. The summed E-state index contributed by atoms with van der Waals surface area (Å²) in [5.74, 6) is 0.579. The lowest BCUT2D eigenvalue weighted by atomic mass is 9.86. The van der Waals surface area contributed by atoms with Gasteiger partial charge in [-0.2, -0.15) is 0 Å². The molecule has 0 radical (unpaired) electrons. The number of hydrogen-bond donors (Lipinski definition) is 1. The van der Waals surface area contributed by atoms with Gasteiger partial charge in [-0.15, -0.1) is 0 Å². The van der Waals surface area contributed by atoms with Crippen molar-refractivity contribution >= 4 is 22.6 Å². The lowest BCUT2D eigenvalue weighted by Crippen LogP contribution is -2.44. The van der Waals surface area contributed by atoms with Crippen LogP contribution in [0.15, 0.2) is 47.3 Å². The molecule has 4 aromatic rings. The number of fused-ring (bicyclic) bond motifs is 6. The van der Waals surface area contributed by atoms with Gasteiger partial charge in [0.15, 0.2) is 17.1 Å². The molecule has 4 aliphatic rings. The maximum absolute atomic E-state index is 13.8. The number of aliphatic hydroxyl groups is 1. The molecule has 1 atom stereocenters. The van der Waals surface area contributed by atoms with Crippen molar-refractivity contribution in [2.24, 2.45) is 0 Å². The molecule has 2 aromatic carbocycles. The van der Waals surface area contributed by atoms with Crippen LogP contribution >= 0.6 is 0 Å². The molecule has 6 heterocycles. The van der Waals surface area contributed by atoms with Crippen molar-refractivity contribution in [3.63, 3.8) is 0 Å². The van der Waals surface area contributed by atoms with Crippen LogP contribution in [0.25, 0.3) is 22.3 Å². The smallest absolute Gasteiger partial charge is 0.343 e. The Hall–Kier alpha value is -4.41. The van der Waals surface area contributed by atoms with Crippen molar-refractivity contribution < 1.29 is 28.8 Å². The van der Waals surface area contributed by atoms with Gasteiger partial charge in [0, 0.05) is 41.4 Å². The van der Waals surface area contributed by atoms with Crippen molar-refractivity contribution in [1.82, 2.24) is 9.55 Å². The number of morpholine rings is 1. The number of pyridine rings is 2. The molecule has 0 saturated carbocycles. The highest BCUT2D eigenvalue weighted by Crippen LogP contribution is 2.43. The summed E-state index contributed by atoms with van der Waals surface area (Å²) in [7, 11) is 0. The Morgan fingerprint density at radius 2 is 1.72 bits per heavy atom. The van der Waals surface area contributed by atoms with E-state index in [1.165, 1.54) is 11.3 Å². The van der Waals surface area contributed by atoms with Crippen molar-refractivity contribution in [2.45, 2.75) is 44.9 Å². The third kappa shape index (κ3) is 4.04. The van der Waals surface area contributed by atoms with E-state index in [1.807, 2.05) is 12.1 Å². The van der Waals surface area contributed by atoms with Crippen molar-refractivity contribution in [2.75, 3.05) is 38.0 Å². The summed E-state index contributed by atoms with van der Waals surface area (Å²) >= 11 is 0. The van der Waals surface area contributed by atoms with Gasteiger partial charge >= 0.3 is 5.97 Å². The molecule has 220 valence electrons. The van der Waals surface area contributed by atoms with Crippen LogP contribution in [0.2, 0.25) is 0 Å². The fourth-order valence-corrected chi connectivity index (χ4v) is 6.80. The molecule has 1 fully saturated rings. The van der Waals surface area contributed by atoms with E-state index < -0.39 is 11.6 Å². The summed E-state index contributed by atoms with van der Waals surface area (Å²) in [6.45, 7) is 5.33. The van der Waals surface area contributed by atoms with Crippen molar-refractivity contribution in [1.29, 1.82) is 0 Å². The molecule has 1 saturated heterocycles. The van der Waals surface area contributed by atoms with E-state index >= 15 is 0 Å². The minimum Gasteiger partial charge on any atom is -0.458 e. The van der Waals surface area contributed by atoms with E-state index in [0.29, 0.717) is 40.6 Å². The number of carbonyl (C=O) groups excluding carboxylic acids is 1. The topological polar surface area (TPSA) is 112 Å². The van der Waals surface area contributed by atoms with E-state index in [0.717, 1.165) is 61.2 Å². The minimum atomic E-state index is -1.87. The molecule has 0 bridgehead atoms. The summed E-state index contributed by atoms with van der Waals surface area (Å²) in [6.07, 6.45) is 1.61. The zero-order valence-electron chi connectivity index (χ0n) is 23.9. The molecular formula is C33H31N3O7. The Kier molecular flexibility index (Phi) is 5.99. The van der Waals surface area contributed by atoms with Gasteiger partial charge in [-0.25, -0.2) is 9.78 Å². The number of rotatable bonds is 5. The minimum absolute atomic E-state index is 0.0960. The number of benzene rings is 2. The molecule has 1 N–H and O–H groups in total. The average molecular weight is 582 g/mol. The zero-order chi connectivity index (χ0) is 29.3. The Balaban J connectivity index is 1.22. The molecule has 8 rings (SSSR count). The first kappa shape index (κ1) is 26.2. The van der Waals surface area contributed by atoms with Crippen LogP contribution in [0.5, 0.6) is 11.5 Å². The summed E-state index contributed by atoms with van der Waals surface area (Å²) in [5, 5.41) is 12.2. The highest BCUT2D eigenvalue weighted by Gasteiger charge is 2.45. The van der Waals surface area contributed by atoms with Crippen molar-refractivity contribution in [3.05, 3.63) is 80.6 Å². The van der Waals surface area contributed by atoms with Gasteiger partial charge in [-0.3, -0.25) is 4.79 Å². The van der Waals surface area contributed by atoms with Gasteiger partial charge in [0.25, 0.3) is 5.56 Å². The number of nitrogens with zero attached hydrogens (tertiary/aromatic N) is 3. The van der Waals surface area contributed by atoms with Crippen LogP contribution < -0.4 is 19.9 Å². The van der Waals surface area contributed by atoms with E-state index in [9.17, 15) is 14.7 Å². The lowest BCUT2D eigenvalue weighted by Gasteiger charge is -2.31. The van der Waals surface area contributed by atoms with E-state index in [-0.39, 0.29) is 25.4 Å². The van der Waals surface area contributed by atoms with Crippen LogP contribution in [0.1, 0.15) is 41.2 Å². The highest BCUT2D eigenvalue weighted by molar-refractivity contribution is 5.91. The van der Waals surface area contributed by atoms with Gasteiger partial charge in [0.05, 0.1) is 42.2 Å². The summed E-state index contributed by atoms with van der Waals surface area (Å²) in [4.78, 5) is 33.7. The lowest BCUT2D eigenvalue weighted by molar-refractivity contribution is -0.172. The van der Waals surface area contributed by atoms with Gasteiger partial charge < -0.3 is 33.5 Å². The SMILES string of the molecule is CC[C@@]1(O)C(=O)OCc2c1cc1n(c2=O)Cc2c-1nc1cc3c(cc1c2CCc1ccc(N2CCOCC2)cc1)OCO3. The fourth-order valence-electron chi connectivity index (χ4n) is 6.80. The second-order valence-corrected chi connectivity index (χ2v) is 11.5. The molecule has 0 aliphatic carbocycles. The second-order valence-electron chi connectivity index (χ2n) is 11.5. The molecular weight excluding hydrogens is 550 g/mol. The molecule has 10 heteroatoms. The largest absolute Gasteiger partial charge is 0.458 e. The molecule has 43 heavy (non-hydrogen) atoms. The molecule has 0 amide bonds. The maximum Gasteiger partial charge on any atom is 0.343 e. The van der Waals surface area contributed by atoms with Crippen LogP contribution in [0.3, 0.4) is 0 Å². The first-order valence-electron chi connectivity index (χ1n) is 14.8. The number of carbonyl (C=O) groups is 1. The monoisotopic (exact) mass is 581 g/mol. The number of hydrogen-bond acceptors (Lipinski definition) is 9. The molecule has 0 spiro atoms. The van der Waals surface area contributed by atoms with Crippen molar-refractivity contribution in [3.8, 4) is 22.9 Å². The van der Waals surface area contributed by atoms with Crippen LogP contribution in [0.4, 0.5) is 5.69 Å². The van der Waals surface area contributed by atoms with E-state index in [4.69, 9.17) is 23.9 Å². The first-order valence-corrected chi connectivity index (χ1v) is 14.8. The van der Waals surface area contributed by atoms with Gasteiger partial charge in [-0.05, 0) is 54.7 Å². The van der Waals surface area contributed by atoms with Gasteiger partial charge in [-0.1, -0.05) is 19.1 Å². The number of cyclic esters (lactones) is 1. The van der Waals surface area contributed by atoms with Gasteiger partial charge in [0.2, 0.25) is 6.79 Å². The van der Waals surface area contributed by atoms with Crippen LogP contribution in [0, 0.1) is 0 Å². The molecule has 10 nitrogen and oxygen atoms in total. The molecule has 2 aromatic heterocycles. The Morgan fingerprint density at radius 3 is 2.49 bits per heavy atom. The molecule has 4 aliphatic heterocycles. The maximum atomic E-state index is 13.8. The third-order valence-electron chi connectivity index (χ3n) is 9.28. The first-order chi connectivity index (χ1) is 20.9. The second kappa shape index (κ2) is 9.82. The van der Waals surface area contributed by atoms with Crippen LogP contribution in [-0.2, 0) is 45.9 Å². The predicted molar refractivity (Wildman–Crippen MR) is 158 cm³/mol. The van der Waals surface area contributed by atoms with Crippen LogP contribution in [-0.4, -0.2) is 53.7 Å². The quantitative estimate of drug-likeness (QED) is 0.312. The fraction of sp³-hybridized carbons (Fsp3) is 0.364. The number of esters is 1. The number of anilines is 1. The number of ether oxygens (including phenoxy) is 4. The van der Waals surface area contributed by atoms with E-state index in [2.05, 4.69) is 29.2 Å². The Morgan fingerprint density at radius 1 is 0.953 bits per heavy atom. The van der Waals surface area contributed by atoms with E-state index in [1.54, 1.807) is 17.6 Å². The summed E-state index contributed by atoms with van der Waals surface area (Å²) in [6, 6.07) is 14.3. The standard InChI is InChI=1S/C33H31N3O7/c1-2-33(39)25-14-27-30-23(16-36(27)31(37)24(25)17-41-32(33)38)21(22-13-28-29(43-18-42-28)15-26(22)34-30)8-5-19-3-6-20(7-4-19)35-9-11-40-12-10-35/h3-4,6-7,13-15,39H,2,5,8-12,16-18H2,1H3/t33-/m0/s1.